The Balaban J connectivity index is 1.61. The molecule has 0 spiro atoms. The Bertz CT molecular complexity index is 941. The van der Waals surface area contributed by atoms with Crippen molar-refractivity contribution in [2.24, 2.45) is 5.92 Å². The third kappa shape index (κ3) is 4.44. The maximum atomic E-state index is 12.4. The van der Waals surface area contributed by atoms with Gasteiger partial charge in [0.05, 0.1) is 18.5 Å². The Labute approximate surface area is 162 Å². The number of nitrogens with one attached hydrogen (secondary N) is 1. The van der Waals surface area contributed by atoms with Crippen molar-refractivity contribution in [1.82, 2.24) is 9.97 Å². The molecule has 1 saturated carbocycles. The molecule has 1 aliphatic rings. The van der Waals surface area contributed by atoms with Gasteiger partial charge in [0, 0.05) is 28.5 Å². The quantitative estimate of drug-likeness (QED) is 0.665. The summed E-state index contributed by atoms with van der Waals surface area (Å²) < 4.78 is 5.93. The van der Waals surface area contributed by atoms with Gasteiger partial charge in [-0.25, -0.2) is 4.98 Å². The van der Waals surface area contributed by atoms with Crippen LogP contribution in [0.4, 0.5) is 5.69 Å². The number of carbonyl (C=O) groups is 1. The second kappa shape index (κ2) is 7.76. The second-order valence-corrected chi connectivity index (χ2v) is 6.96. The topological polar surface area (TPSA) is 64.1 Å². The first-order chi connectivity index (χ1) is 13.2. The number of amides is 1. The summed E-state index contributed by atoms with van der Waals surface area (Å²) in [5.74, 6) is 0.968. The molecule has 0 bridgehead atoms. The fourth-order valence-corrected chi connectivity index (χ4v) is 2.79. The van der Waals surface area contributed by atoms with E-state index in [1.54, 1.807) is 30.7 Å². The lowest BCUT2D eigenvalue weighted by Crippen LogP contribution is -2.12. The maximum absolute atomic E-state index is 12.4. The summed E-state index contributed by atoms with van der Waals surface area (Å²) in [4.78, 5) is 20.8. The van der Waals surface area contributed by atoms with Gasteiger partial charge in [-0.3, -0.25) is 9.78 Å². The minimum absolute atomic E-state index is 0.215. The number of aromatic nitrogens is 2. The third-order valence-corrected chi connectivity index (χ3v) is 4.61. The highest BCUT2D eigenvalue weighted by Gasteiger charge is 2.23. The predicted octanol–water partition coefficient (Wildman–Crippen LogP) is 4.84. The van der Waals surface area contributed by atoms with Crippen LogP contribution in [0.1, 0.15) is 23.2 Å². The smallest absolute Gasteiger partial charge is 0.255 e. The fraction of sp³-hybridized carbons (Fsp3) is 0.190. The van der Waals surface area contributed by atoms with Crippen molar-refractivity contribution in [3.8, 4) is 17.0 Å². The van der Waals surface area contributed by atoms with Gasteiger partial charge in [-0.15, -0.1) is 0 Å². The summed E-state index contributed by atoms with van der Waals surface area (Å²) in [6.45, 7) is 0.663. The molecule has 27 heavy (non-hydrogen) atoms. The predicted molar refractivity (Wildman–Crippen MR) is 105 cm³/mol. The van der Waals surface area contributed by atoms with Crippen molar-refractivity contribution in [2.75, 3.05) is 11.9 Å². The number of ether oxygens (including phenoxy) is 1. The number of hydrogen-bond donors (Lipinski definition) is 1. The zero-order chi connectivity index (χ0) is 18.6. The summed E-state index contributed by atoms with van der Waals surface area (Å²) >= 11 is 6.01. The van der Waals surface area contributed by atoms with Crippen LogP contribution in [0, 0.1) is 5.92 Å². The van der Waals surface area contributed by atoms with E-state index in [2.05, 4.69) is 15.3 Å². The molecule has 0 aliphatic heterocycles. The lowest BCUT2D eigenvalue weighted by molar-refractivity contribution is 0.102. The zero-order valence-electron chi connectivity index (χ0n) is 14.6. The van der Waals surface area contributed by atoms with E-state index in [4.69, 9.17) is 16.3 Å². The number of halogens is 1. The molecule has 136 valence electrons. The molecule has 0 radical (unpaired) electrons. The van der Waals surface area contributed by atoms with Crippen molar-refractivity contribution < 1.29 is 9.53 Å². The molecule has 5 nitrogen and oxygen atoms in total. The van der Waals surface area contributed by atoms with Crippen LogP contribution in [-0.2, 0) is 0 Å². The van der Waals surface area contributed by atoms with Crippen molar-refractivity contribution in [2.45, 2.75) is 12.8 Å². The third-order valence-electron chi connectivity index (χ3n) is 4.36. The number of hydrogen-bond acceptors (Lipinski definition) is 4. The first-order valence-corrected chi connectivity index (χ1v) is 9.17. The first kappa shape index (κ1) is 17.5. The molecule has 2 aromatic heterocycles. The average molecular weight is 380 g/mol. The first-order valence-electron chi connectivity index (χ1n) is 8.79. The van der Waals surface area contributed by atoms with Crippen molar-refractivity contribution in [1.29, 1.82) is 0 Å². The van der Waals surface area contributed by atoms with E-state index in [1.807, 2.05) is 30.3 Å². The lowest BCUT2D eigenvalue weighted by Gasteiger charge is -2.13. The molecule has 1 N–H and O–H groups in total. The van der Waals surface area contributed by atoms with E-state index in [9.17, 15) is 4.79 Å². The highest BCUT2D eigenvalue weighted by molar-refractivity contribution is 6.30. The van der Waals surface area contributed by atoms with Crippen LogP contribution in [0.5, 0.6) is 5.88 Å². The van der Waals surface area contributed by atoms with Gasteiger partial charge in [-0.05, 0) is 54.7 Å². The van der Waals surface area contributed by atoms with Crippen molar-refractivity contribution >= 4 is 23.2 Å². The summed E-state index contributed by atoms with van der Waals surface area (Å²) in [5, 5.41) is 3.53. The fourth-order valence-electron chi connectivity index (χ4n) is 2.66. The van der Waals surface area contributed by atoms with Crippen molar-refractivity contribution in [3.05, 3.63) is 71.6 Å². The van der Waals surface area contributed by atoms with Crippen molar-refractivity contribution in [3.63, 3.8) is 0 Å². The van der Waals surface area contributed by atoms with Crippen LogP contribution in [0.25, 0.3) is 11.1 Å². The van der Waals surface area contributed by atoms with E-state index in [1.165, 1.54) is 12.8 Å². The molecule has 6 heteroatoms. The van der Waals surface area contributed by atoms with Crippen LogP contribution in [0.3, 0.4) is 0 Å². The zero-order valence-corrected chi connectivity index (χ0v) is 15.3. The Morgan fingerprint density at radius 3 is 2.59 bits per heavy atom. The maximum Gasteiger partial charge on any atom is 0.255 e. The van der Waals surface area contributed by atoms with Crippen LogP contribution in [0.15, 0.2) is 61.1 Å². The SMILES string of the molecule is O=C(Nc1cnc(OCC2CC2)c(-c2ccc(Cl)cc2)c1)c1ccncc1. The molecule has 0 atom stereocenters. The molecule has 4 rings (SSSR count). The van der Waals surface area contributed by atoms with Gasteiger partial charge in [0.25, 0.3) is 5.91 Å². The average Bonchev–Trinajstić information content (AvgIpc) is 3.53. The highest BCUT2D eigenvalue weighted by atomic mass is 35.5. The van der Waals surface area contributed by atoms with Gasteiger partial charge in [-0.2, -0.15) is 0 Å². The van der Waals surface area contributed by atoms with Crippen LogP contribution >= 0.6 is 11.6 Å². The van der Waals surface area contributed by atoms with Crippen LogP contribution < -0.4 is 10.1 Å². The second-order valence-electron chi connectivity index (χ2n) is 6.53. The Morgan fingerprint density at radius 1 is 1.15 bits per heavy atom. The molecule has 1 amide bonds. The molecular weight excluding hydrogens is 362 g/mol. The van der Waals surface area contributed by atoms with E-state index in [0.29, 0.717) is 34.7 Å². The normalized spacial score (nSPS) is 13.2. The van der Waals surface area contributed by atoms with Crippen LogP contribution in [-0.4, -0.2) is 22.5 Å². The number of rotatable bonds is 6. The summed E-state index contributed by atoms with van der Waals surface area (Å²) in [6, 6.07) is 12.7. The molecule has 1 fully saturated rings. The molecule has 0 unspecified atom stereocenters. The van der Waals surface area contributed by atoms with Gasteiger partial charge < -0.3 is 10.1 Å². The molecule has 2 heterocycles. The standard InChI is InChI=1S/C21H18ClN3O2/c22-17-5-3-15(4-6-17)19-11-18(12-24-21(19)27-13-14-1-2-14)25-20(26)16-7-9-23-10-8-16/h3-12,14H,1-2,13H2,(H,25,26). The number of carbonyl (C=O) groups excluding carboxylic acids is 1. The molecule has 3 aromatic rings. The van der Waals surface area contributed by atoms with Gasteiger partial charge in [0.1, 0.15) is 0 Å². The monoisotopic (exact) mass is 379 g/mol. The number of anilines is 1. The van der Waals surface area contributed by atoms with E-state index in [0.717, 1.165) is 11.1 Å². The number of nitrogens with zero attached hydrogens (tertiary/aromatic N) is 2. The van der Waals surface area contributed by atoms with E-state index in [-0.39, 0.29) is 5.91 Å². The molecule has 1 aromatic carbocycles. The van der Waals surface area contributed by atoms with Gasteiger partial charge in [0.2, 0.25) is 5.88 Å². The van der Waals surface area contributed by atoms with Gasteiger partial charge in [-0.1, -0.05) is 23.7 Å². The summed E-state index contributed by atoms with van der Waals surface area (Å²) in [6.07, 6.45) is 7.19. The molecular formula is C21H18ClN3O2. The van der Waals surface area contributed by atoms with E-state index >= 15 is 0 Å². The minimum atomic E-state index is -0.215. The van der Waals surface area contributed by atoms with Gasteiger partial charge >= 0.3 is 0 Å². The van der Waals surface area contributed by atoms with E-state index < -0.39 is 0 Å². The lowest BCUT2D eigenvalue weighted by atomic mass is 10.1. The summed E-state index contributed by atoms with van der Waals surface area (Å²) in [7, 11) is 0. The summed E-state index contributed by atoms with van der Waals surface area (Å²) in [5.41, 5.74) is 2.88. The molecule has 0 saturated heterocycles. The minimum Gasteiger partial charge on any atom is -0.477 e. The van der Waals surface area contributed by atoms with Crippen LogP contribution in [0.2, 0.25) is 5.02 Å². The molecule has 1 aliphatic carbocycles. The Morgan fingerprint density at radius 2 is 1.89 bits per heavy atom. The van der Waals surface area contributed by atoms with Gasteiger partial charge in [0.15, 0.2) is 0 Å². The highest BCUT2D eigenvalue weighted by Crippen LogP contribution is 2.34. The Kier molecular flexibility index (Phi) is 5.03. The number of benzene rings is 1. The Hall–Kier alpha value is -2.92. The largest absolute Gasteiger partial charge is 0.477 e. The number of pyridine rings is 2.